The maximum absolute atomic E-state index is 12.2. The highest BCUT2D eigenvalue weighted by molar-refractivity contribution is 6.05. The largest absolute Gasteiger partial charge is 0.451 e. The van der Waals surface area contributed by atoms with Crippen LogP contribution in [0.4, 0.5) is 11.4 Å². The summed E-state index contributed by atoms with van der Waals surface area (Å²) in [5.41, 5.74) is 1.36. The Morgan fingerprint density at radius 3 is 2.68 bits per heavy atom. The molecule has 0 bridgehead atoms. The molecular weight excluding hydrogens is 284 g/mol. The number of nitro groups is 1. The zero-order chi connectivity index (χ0) is 15.7. The second-order valence-electron chi connectivity index (χ2n) is 4.81. The molecule has 0 atom stereocenters. The highest BCUT2D eigenvalue weighted by Crippen LogP contribution is 2.26. The van der Waals surface area contributed by atoms with E-state index in [1.165, 1.54) is 12.1 Å². The van der Waals surface area contributed by atoms with Crippen LogP contribution < -0.4 is 5.32 Å². The number of benzene rings is 2. The van der Waals surface area contributed by atoms with Crippen molar-refractivity contribution in [2.75, 3.05) is 5.32 Å². The monoisotopic (exact) mass is 296 g/mol. The molecule has 0 spiro atoms. The Balaban J connectivity index is 1.91. The van der Waals surface area contributed by atoms with E-state index in [1.54, 1.807) is 25.1 Å². The lowest BCUT2D eigenvalue weighted by Gasteiger charge is -2.06. The van der Waals surface area contributed by atoms with E-state index in [1.807, 2.05) is 18.2 Å². The Morgan fingerprint density at radius 1 is 1.18 bits per heavy atom. The van der Waals surface area contributed by atoms with Gasteiger partial charge in [0.25, 0.3) is 11.6 Å². The van der Waals surface area contributed by atoms with Gasteiger partial charge < -0.3 is 9.73 Å². The summed E-state index contributed by atoms with van der Waals surface area (Å²) in [7, 11) is 0. The fourth-order valence-corrected chi connectivity index (χ4v) is 2.23. The minimum absolute atomic E-state index is 0.0394. The number of fused-ring (bicyclic) bond motifs is 1. The number of hydrogen-bond donors (Lipinski definition) is 1. The molecular formula is C16H12N2O4. The van der Waals surface area contributed by atoms with Crippen molar-refractivity contribution in [3.8, 4) is 0 Å². The van der Waals surface area contributed by atoms with Crippen LogP contribution >= 0.6 is 0 Å². The zero-order valence-corrected chi connectivity index (χ0v) is 11.7. The summed E-state index contributed by atoms with van der Waals surface area (Å²) in [6, 6.07) is 13.5. The number of anilines is 1. The predicted octanol–water partition coefficient (Wildman–Crippen LogP) is 3.90. The Labute approximate surface area is 125 Å². The van der Waals surface area contributed by atoms with Gasteiger partial charge in [-0.05, 0) is 25.1 Å². The predicted molar refractivity (Wildman–Crippen MR) is 82.0 cm³/mol. The molecule has 6 heteroatoms. The average Bonchev–Trinajstić information content (AvgIpc) is 2.93. The molecule has 0 saturated heterocycles. The second-order valence-corrected chi connectivity index (χ2v) is 4.81. The van der Waals surface area contributed by atoms with Crippen molar-refractivity contribution in [1.29, 1.82) is 0 Å². The SMILES string of the molecule is Cc1c(NC(=O)c2cc3ccccc3o2)cccc1[N+](=O)[O-]. The summed E-state index contributed by atoms with van der Waals surface area (Å²) < 4.78 is 5.47. The van der Waals surface area contributed by atoms with Gasteiger partial charge in [-0.15, -0.1) is 0 Å². The van der Waals surface area contributed by atoms with Crippen LogP contribution in [0.1, 0.15) is 16.1 Å². The molecule has 1 N–H and O–H groups in total. The van der Waals surface area contributed by atoms with Crippen molar-refractivity contribution in [3.63, 3.8) is 0 Å². The number of para-hydroxylation sites is 1. The molecule has 0 unspecified atom stereocenters. The lowest BCUT2D eigenvalue weighted by molar-refractivity contribution is -0.385. The summed E-state index contributed by atoms with van der Waals surface area (Å²) in [5, 5.41) is 14.4. The van der Waals surface area contributed by atoms with Crippen LogP contribution in [0.15, 0.2) is 52.9 Å². The van der Waals surface area contributed by atoms with Crippen LogP contribution in [0.3, 0.4) is 0 Å². The minimum atomic E-state index is -0.480. The van der Waals surface area contributed by atoms with Crippen molar-refractivity contribution in [2.45, 2.75) is 6.92 Å². The molecule has 0 saturated carbocycles. The maximum atomic E-state index is 12.2. The number of furan rings is 1. The molecule has 1 amide bonds. The van der Waals surface area contributed by atoms with Gasteiger partial charge in [-0.3, -0.25) is 14.9 Å². The van der Waals surface area contributed by atoms with Crippen molar-refractivity contribution in [3.05, 3.63) is 70.0 Å². The highest BCUT2D eigenvalue weighted by atomic mass is 16.6. The number of carbonyl (C=O) groups excluding carboxylic acids is 1. The van der Waals surface area contributed by atoms with Crippen LogP contribution in [-0.2, 0) is 0 Å². The fraction of sp³-hybridized carbons (Fsp3) is 0.0625. The lowest BCUT2D eigenvalue weighted by atomic mass is 10.1. The Kier molecular flexibility index (Phi) is 3.34. The van der Waals surface area contributed by atoms with E-state index in [4.69, 9.17) is 4.42 Å². The summed E-state index contributed by atoms with van der Waals surface area (Å²) in [4.78, 5) is 22.7. The van der Waals surface area contributed by atoms with Gasteiger partial charge >= 0.3 is 0 Å². The summed E-state index contributed by atoms with van der Waals surface area (Å²) in [6.07, 6.45) is 0. The fourth-order valence-electron chi connectivity index (χ4n) is 2.23. The van der Waals surface area contributed by atoms with Crippen molar-refractivity contribution >= 4 is 28.3 Å². The van der Waals surface area contributed by atoms with E-state index in [-0.39, 0.29) is 11.4 Å². The summed E-state index contributed by atoms with van der Waals surface area (Å²) in [5.74, 6) is -0.285. The molecule has 1 heterocycles. The molecule has 0 aliphatic carbocycles. The van der Waals surface area contributed by atoms with E-state index >= 15 is 0 Å². The first-order valence-electron chi connectivity index (χ1n) is 6.60. The Morgan fingerprint density at radius 2 is 1.95 bits per heavy atom. The lowest BCUT2D eigenvalue weighted by Crippen LogP contribution is -2.12. The molecule has 110 valence electrons. The molecule has 1 aromatic heterocycles. The molecule has 0 aliphatic heterocycles. The second kappa shape index (κ2) is 5.33. The van der Waals surface area contributed by atoms with Crippen LogP contribution in [-0.4, -0.2) is 10.8 Å². The van der Waals surface area contributed by atoms with Crippen LogP contribution in [0, 0.1) is 17.0 Å². The number of hydrogen-bond acceptors (Lipinski definition) is 4. The standard InChI is InChI=1S/C16H12N2O4/c1-10-12(6-4-7-13(10)18(20)21)17-16(19)15-9-11-5-2-3-8-14(11)22-15/h2-9H,1H3,(H,17,19). The Hall–Kier alpha value is -3.15. The van der Waals surface area contributed by atoms with Crippen LogP contribution in [0.25, 0.3) is 11.0 Å². The molecule has 6 nitrogen and oxygen atoms in total. The number of carbonyl (C=O) groups is 1. The van der Waals surface area contributed by atoms with E-state index in [9.17, 15) is 14.9 Å². The van der Waals surface area contributed by atoms with Gasteiger partial charge in [0.1, 0.15) is 5.58 Å². The first-order valence-corrected chi connectivity index (χ1v) is 6.60. The van der Waals surface area contributed by atoms with Gasteiger partial charge in [0, 0.05) is 11.5 Å². The van der Waals surface area contributed by atoms with Gasteiger partial charge in [0.15, 0.2) is 5.76 Å². The molecule has 2 aromatic carbocycles. The third-order valence-corrected chi connectivity index (χ3v) is 3.40. The van der Waals surface area contributed by atoms with Crippen molar-refractivity contribution in [2.24, 2.45) is 0 Å². The molecule has 22 heavy (non-hydrogen) atoms. The molecule has 3 rings (SSSR count). The molecule has 3 aromatic rings. The third-order valence-electron chi connectivity index (χ3n) is 3.40. The Bertz CT molecular complexity index is 850. The van der Waals surface area contributed by atoms with Gasteiger partial charge in [-0.1, -0.05) is 24.3 Å². The minimum Gasteiger partial charge on any atom is -0.451 e. The number of nitrogens with zero attached hydrogens (tertiary/aromatic N) is 1. The highest BCUT2D eigenvalue weighted by Gasteiger charge is 2.17. The number of nitro benzene ring substituents is 1. The van der Waals surface area contributed by atoms with Gasteiger partial charge in [-0.2, -0.15) is 0 Å². The van der Waals surface area contributed by atoms with E-state index in [0.717, 1.165) is 5.39 Å². The van der Waals surface area contributed by atoms with Gasteiger partial charge in [-0.25, -0.2) is 0 Å². The maximum Gasteiger partial charge on any atom is 0.291 e. The van der Waals surface area contributed by atoms with Crippen LogP contribution in [0.5, 0.6) is 0 Å². The first-order chi connectivity index (χ1) is 10.6. The number of nitrogens with one attached hydrogen (secondary N) is 1. The average molecular weight is 296 g/mol. The van der Waals surface area contributed by atoms with Crippen molar-refractivity contribution in [1.82, 2.24) is 0 Å². The van der Waals surface area contributed by atoms with Gasteiger partial charge in [0.2, 0.25) is 0 Å². The molecule has 0 fully saturated rings. The normalized spacial score (nSPS) is 10.6. The summed E-state index contributed by atoms with van der Waals surface area (Å²) >= 11 is 0. The summed E-state index contributed by atoms with van der Waals surface area (Å²) in [6.45, 7) is 1.59. The van der Waals surface area contributed by atoms with Gasteiger partial charge in [0.05, 0.1) is 16.2 Å². The topological polar surface area (TPSA) is 85.4 Å². The number of rotatable bonds is 3. The van der Waals surface area contributed by atoms with E-state index in [2.05, 4.69) is 5.32 Å². The van der Waals surface area contributed by atoms with Crippen molar-refractivity contribution < 1.29 is 14.1 Å². The third kappa shape index (κ3) is 2.42. The molecule has 0 radical (unpaired) electrons. The first kappa shape index (κ1) is 13.8. The number of amides is 1. The van der Waals surface area contributed by atoms with E-state index in [0.29, 0.717) is 16.8 Å². The zero-order valence-electron chi connectivity index (χ0n) is 11.7. The quantitative estimate of drug-likeness (QED) is 0.586. The van der Waals surface area contributed by atoms with E-state index < -0.39 is 10.8 Å². The van der Waals surface area contributed by atoms with Crippen LogP contribution in [0.2, 0.25) is 0 Å². The smallest absolute Gasteiger partial charge is 0.291 e. The molecule has 0 aliphatic rings.